The zero-order chi connectivity index (χ0) is 15.5. The van der Waals surface area contributed by atoms with Crippen LogP contribution in [-0.4, -0.2) is 29.3 Å². The lowest BCUT2D eigenvalue weighted by Gasteiger charge is -2.36. The smallest absolute Gasteiger partial charge is 0.156 e. The van der Waals surface area contributed by atoms with E-state index in [9.17, 15) is 13.6 Å². The Hall–Kier alpha value is -1.29. The molecule has 2 rings (SSSR count). The standard InChI is InChI=1S/C17H23F2NO/c1-17(2,20-7-5-3-4-6-8-20)16(21)11-13-9-14(18)12-15(19)10-13/h9-10,12H,3-8,11H2,1-2H3. The molecule has 0 saturated carbocycles. The molecular weight excluding hydrogens is 272 g/mol. The van der Waals surface area contributed by atoms with Gasteiger partial charge in [-0.25, -0.2) is 8.78 Å². The van der Waals surface area contributed by atoms with E-state index in [4.69, 9.17) is 0 Å². The zero-order valence-corrected chi connectivity index (χ0v) is 12.8. The third-order valence-electron chi connectivity index (χ3n) is 4.37. The number of rotatable bonds is 4. The van der Waals surface area contributed by atoms with Crippen LogP contribution in [0.5, 0.6) is 0 Å². The van der Waals surface area contributed by atoms with E-state index in [2.05, 4.69) is 4.90 Å². The molecule has 1 fully saturated rings. The number of ketones is 1. The van der Waals surface area contributed by atoms with Crippen molar-refractivity contribution >= 4 is 5.78 Å². The maximum Gasteiger partial charge on any atom is 0.156 e. The molecule has 0 atom stereocenters. The molecule has 1 heterocycles. The third kappa shape index (κ3) is 4.10. The molecular formula is C17H23F2NO. The molecule has 21 heavy (non-hydrogen) atoms. The number of nitrogens with zero attached hydrogens (tertiary/aromatic N) is 1. The minimum atomic E-state index is -0.634. The van der Waals surface area contributed by atoms with Crippen molar-refractivity contribution in [3.05, 3.63) is 35.4 Å². The Labute approximate surface area is 125 Å². The van der Waals surface area contributed by atoms with Crippen LogP contribution in [0.2, 0.25) is 0 Å². The molecule has 1 aromatic rings. The Balaban J connectivity index is 2.09. The van der Waals surface area contributed by atoms with Crippen LogP contribution < -0.4 is 0 Å². The van der Waals surface area contributed by atoms with Crippen molar-refractivity contribution in [2.24, 2.45) is 0 Å². The van der Waals surface area contributed by atoms with E-state index in [1.165, 1.54) is 25.0 Å². The van der Waals surface area contributed by atoms with Gasteiger partial charge in [0, 0.05) is 12.5 Å². The molecule has 0 radical (unpaired) electrons. The molecule has 1 aliphatic rings. The van der Waals surface area contributed by atoms with Gasteiger partial charge in [-0.05, 0) is 57.5 Å². The van der Waals surface area contributed by atoms with E-state index < -0.39 is 17.2 Å². The van der Waals surface area contributed by atoms with Crippen LogP contribution in [-0.2, 0) is 11.2 Å². The van der Waals surface area contributed by atoms with Crippen LogP contribution in [0.1, 0.15) is 45.1 Å². The predicted octanol–water partition coefficient (Wildman–Crippen LogP) is 3.73. The van der Waals surface area contributed by atoms with Crippen LogP contribution in [0.3, 0.4) is 0 Å². The van der Waals surface area contributed by atoms with E-state index >= 15 is 0 Å². The molecule has 1 aliphatic heterocycles. The summed E-state index contributed by atoms with van der Waals surface area (Å²) in [6.45, 7) is 5.65. The minimum Gasteiger partial charge on any atom is -0.297 e. The van der Waals surface area contributed by atoms with Gasteiger partial charge >= 0.3 is 0 Å². The molecule has 0 bridgehead atoms. The van der Waals surface area contributed by atoms with Crippen molar-refractivity contribution in [1.82, 2.24) is 4.90 Å². The van der Waals surface area contributed by atoms with Crippen molar-refractivity contribution in [1.29, 1.82) is 0 Å². The Morgan fingerprint density at radius 1 is 1.05 bits per heavy atom. The molecule has 116 valence electrons. The number of carbonyl (C=O) groups excluding carboxylic acids is 1. The Morgan fingerprint density at radius 3 is 2.10 bits per heavy atom. The van der Waals surface area contributed by atoms with Gasteiger partial charge in [0.15, 0.2) is 5.78 Å². The van der Waals surface area contributed by atoms with Crippen molar-refractivity contribution < 1.29 is 13.6 Å². The Kier molecular flexibility index (Phi) is 5.09. The van der Waals surface area contributed by atoms with E-state index in [0.717, 1.165) is 32.0 Å². The molecule has 2 nitrogen and oxygen atoms in total. The van der Waals surface area contributed by atoms with Gasteiger partial charge in [-0.3, -0.25) is 9.69 Å². The van der Waals surface area contributed by atoms with E-state index in [-0.39, 0.29) is 12.2 Å². The summed E-state index contributed by atoms with van der Waals surface area (Å²) in [7, 11) is 0. The normalized spacial score (nSPS) is 17.5. The summed E-state index contributed by atoms with van der Waals surface area (Å²) >= 11 is 0. The summed E-state index contributed by atoms with van der Waals surface area (Å²) in [4.78, 5) is 14.8. The van der Waals surface area contributed by atoms with Crippen molar-refractivity contribution in [3.63, 3.8) is 0 Å². The third-order valence-corrected chi connectivity index (χ3v) is 4.37. The van der Waals surface area contributed by atoms with E-state index in [1.807, 2.05) is 13.8 Å². The lowest BCUT2D eigenvalue weighted by molar-refractivity contribution is -0.128. The van der Waals surface area contributed by atoms with Gasteiger partial charge in [0.25, 0.3) is 0 Å². The summed E-state index contributed by atoms with van der Waals surface area (Å²) in [5.74, 6) is -1.26. The number of hydrogen-bond acceptors (Lipinski definition) is 2. The number of Topliss-reactive ketones (excluding diaryl/α,β-unsaturated/α-hetero) is 1. The van der Waals surface area contributed by atoms with Crippen molar-refractivity contribution in [2.75, 3.05) is 13.1 Å². The number of halogens is 2. The second kappa shape index (κ2) is 6.65. The highest BCUT2D eigenvalue weighted by Crippen LogP contribution is 2.23. The van der Waals surface area contributed by atoms with Crippen molar-refractivity contribution in [2.45, 2.75) is 51.5 Å². The quantitative estimate of drug-likeness (QED) is 0.843. The van der Waals surface area contributed by atoms with Crippen LogP contribution >= 0.6 is 0 Å². The summed E-state index contributed by atoms with van der Waals surface area (Å²) in [6, 6.07) is 3.30. The van der Waals surface area contributed by atoms with Gasteiger partial charge in [-0.1, -0.05) is 12.8 Å². The molecule has 0 amide bonds. The molecule has 0 aliphatic carbocycles. The van der Waals surface area contributed by atoms with Gasteiger partial charge in [0.05, 0.1) is 5.54 Å². The largest absolute Gasteiger partial charge is 0.297 e. The fourth-order valence-electron chi connectivity index (χ4n) is 2.92. The van der Waals surface area contributed by atoms with Crippen LogP contribution in [0, 0.1) is 11.6 Å². The average Bonchev–Trinajstić information content (AvgIpc) is 2.66. The van der Waals surface area contributed by atoms with Gasteiger partial charge in [-0.15, -0.1) is 0 Å². The number of likely N-dealkylation sites (tertiary alicyclic amines) is 1. The maximum atomic E-state index is 13.2. The fraction of sp³-hybridized carbons (Fsp3) is 0.588. The predicted molar refractivity (Wildman–Crippen MR) is 79.2 cm³/mol. The SMILES string of the molecule is CC(C)(C(=O)Cc1cc(F)cc(F)c1)N1CCCCCC1. The fourth-order valence-corrected chi connectivity index (χ4v) is 2.92. The molecule has 0 unspecified atom stereocenters. The van der Waals surface area contributed by atoms with Gasteiger partial charge in [0.2, 0.25) is 0 Å². The summed E-state index contributed by atoms with van der Waals surface area (Å²) in [6.07, 6.45) is 4.68. The first-order chi connectivity index (χ1) is 9.89. The topological polar surface area (TPSA) is 20.3 Å². The highest BCUT2D eigenvalue weighted by molar-refractivity contribution is 5.89. The number of carbonyl (C=O) groups is 1. The molecule has 1 aromatic carbocycles. The van der Waals surface area contributed by atoms with E-state index in [1.54, 1.807) is 0 Å². The highest BCUT2D eigenvalue weighted by Gasteiger charge is 2.34. The van der Waals surface area contributed by atoms with Gasteiger partial charge in [-0.2, -0.15) is 0 Å². The molecule has 1 saturated heterocycles. The molecule has 0 N–H and O–H groups in total. The monoisotopic (exact) mass is 295 g/mol. The molecule has 4 heteroatoms. The zero-order valence-electron chi connectivity index (χ0n) is 12.8. The lowest BCUT2D eigenvalue weighted by Crippen LogP contribution is -2.51. The Bertz CT molecular complexity index is 485. The number of benzene rings is 1. The summed E-state index contributed by atoms with van der Waals surface area (Å²) in [5.41, 5.74) is -0.187. The average molecular weight is 295 g/mol. The maximum absolute atomic E-state index is 13.2. The molecule has 0 spiro atoms. The highest BCUT2D eigenvalue weighted by atomic mass is 19.1. The van der Waals surface area contributed by atoms with Crippen LogP contribution in [0.25, 0.3) is 0 Å². The van der Waals surface area contributed by atoms with Crippen LogP contribution in [0.15, 0.2) is 18.2 Å². The second-order valence-electron chi connectivity index (χ2n) is 6.34. The number of hydrogen-bond donors (Lipinski definition) is 0. The first-order valence-electron chi connectivity index (χ1n) is 7.63. The van der Waals surface area contributed by atoms with Gasteiger partial charge < -0.3 is 0 Å². The first-order valence-corrected chi connectivity index (χ1v) is 7.63. The van der Waals surface area contributed by atoms with Crippen LogP contribution in [0.4, 0.5) is 8.78 Å². The van der Waals surface area contributed by atoms with Crippen molar-refractivity contribution in [3.8, 4) is 0 Å². The second-order valence-corrected chi connectivity index (χ2v) is 6.34. The Morgan fingerprint density at radius 2 is 1.57 bits per heavy atom. The summed E-state index contributed by atoms with van der Waals surface area (Å²) < 4.78 is 26.4. The van der Waals surface area contributed by atoms with E-state index in [0.29, 0.717) is 5.56 Å². The molecule has 0 aromatic heterocycles. The van der Waals surface area contributed by atoms with Gasteiger partial charge in [0.1, 0.15) is 11.6 Å². The first kappa shape index (κ1) is 16.1. The summed E-state index contributed by atoms with van der Waals surface area (Å²) in [5, 5.41) is 0. The lowest BCUT2D eigenvalue weighted by atomic mass is 9.91. The minimum absolute atomic E-state index is 0.00870.